The summed E-state index contributed by atoms with van der Waals surface area (Å²) in [6.07, 6.45) is 4.62. The Morgan fingerprint density at radius 1 is 1.38 bits per heavy atom. The van der Waals surface area contributed by atoms with Crippen LogP contribution in [0.15, 0.2) is 0 Å². The van der Waals surface area contributed by atoms with Crippen molar-refractivity contribution >= 4 is 0 Å². The minimum absolute atomic E-state index is 0.198. The zero-order valence-electron chi connectivity index (χ0n) is 5.06. The predicted molar refractivity (Wildman–Crippen MR) is 33.9 cm³/mol. The molecule has 1 unspecified atom stereocenters. The third kappa shape index (κ3) is 1.20. The third-order valence-electron chi connectivity index (χ3n) is 1.71. The molecule has 0 aromatic carbocycles. The maximum absolute atomic E-state index is 5.62. The van der Waals surface area contributed by atoms with E-state index < -0.39 is 0 Å². The van der Waals surface area contributed by atoms with Gasteiger partial charge in [0.15, 0.2) is 0 Å². The molecule has 2 heteroatoms. The molecule has 0 aromatic rings. The van der Waals surface area contributed by atoms with Gasteiger partial charge in [-0.3, -0.25) is 0 Å². The van der Waals surface area contributed by atoms with Crippen LogP contribution in [0.5, 0.6) is 0 Å². The van der Waals surface area contributed by atoms with Crippen molar-refractivity contribution in [2.24, 2.45) is 11.5 Å². The Morgan fingerprint density at radius 3 is 2.50 bits per heavy atom. The summed E-state index contributed by atoms with van der Waals surface area (Å²) in [4.78, 5) is 0. The maximum atomic E-state index is 5.62. The smallest absolute Gasteiger partial charge is 0.0505 e. The van der Waals surface area contributed by atoms with E-state index in [1.807, 2.05) is 0 Å². The van der Waals surface area contributed by atoms with Gasteiger partial charge < -0.3 is 11.5 Å². The van der Waals surface area contributed by atoms with Gasteiger partial charge in [0.1, 0.15) is 0 Å². The molecule has 1 rings (SSSR count). The van der Waals surface area contributed by atoms with Crippen molar-refractivity contribution in [3.63, 3.8) is 0 Å². The lowest BCUT2D eigenvalue weighted by atomic mass is 9.92. The van der Waals surface area contributed by atoms with Crippen LogP contribution in [-0.2, 0) is 0 Å². The fourth-order valence-corrected chi connectivity index (χ4v) is 1.06. The van der Waals surface area contributed by atoms with E-state index in [1.165, 1.54) is 12.8 Å². The standard InChI is InChI=1S/C6H13N2/c7-5-3-1-2-4-6(5)8/h5H,1-4,7-8H2. The van der Waals surface area contributed by atoms with Gasteiger partial charge in [-0.25, -0.2) is 0 Å². The summed E-state index contributed by atoms with van der Waals surface area (Å²) in [7, 11) is 0. The average Bonchev–Trinajstić information content (AvgIpc) is 1.77. The average molecular weight is 113 g/mol. The van der Waals surface area contributed by atoms with E-state index in [2.05, 4.69) is 0 Å². The van der Waals surface area contributed by atoms with Crippen LogP contribution in [0.3, 0.4) is 0 Å². The summed E-state index contributed by atoms with van der Waals surface area (Å²) in [5.74, 6) is 0. The SMILES string of the molecule is N[C]1CCCCC1N. The van der Waals surface area contributed by atoms with Crippen molar-refractivity contribution in [3.05, 3.63) is 6.04 Å². The van der Waals surface area contributed by atoms with Crippen molar-refractivity contribution in [1.29, 1.82) is 0 Å². The zero-order chi connectivity index (χ0) is 5.98. The largest absolute Gasteiger partial charge is 0.326 e. The number of rotatable bonds is 0. The van der Waals surface area contributed by atoms with Crippen LogP contribution in [0.25, 0.3) is 0 Å². The predicted octanol–water partition coefficient (Wildman–Crippen LogP) is 0.378. The van der Waals surface area contributed by atoms with Crippen LogP contribution in [0.4, 0.5) is 0 Å². The van der Waals surface area contributed by atoms with Gasteiger partial charge in [-0.05, 0) is 12.8 Å². The summed E-state index contributed by atoms with van der Waals surface area (Å²) in [6.45, 7) is 0. The summed E-state index contributed by atoms with van der Waals surface area (Å²) >= 11 is 0. The second kappa shape index (κ2) is 2.46. The summed E-state index contributed by atoms with van der Waals surface area (Å²) in [6, 6.07) is 1.19. The van der Waals surface area contributed by atoms with E-state index in [0.29, 0.717) is 0 Å². The first-order chi connectivity index (χ1) is 3.80. The maximum Gasteiger partial charge on any atom is 0.0505 e. The van der Waals surface area contributed by atoms with Crippen molar-refractivity contribution in [1.82, 2.24) is 0 Å². The Balaban J connectivity index is 2.28. The first-order valence-corrected chi connectivity index (χ1v) is 3.17. The number of nitrogens with two attached hydrogens (primary N) is 2. The monoisotopic (exact) mass is 113 g/mol. The highest BCUT2D eigenvalue weighted by Crippen LogP contribution is 2.19. The summed E-state index contributed by atoms with van der Waals surface area (Å²) in [5, 5.41) is 0. The Morgan fingerprint density at radius 2 is 2.12 bits per heavy atom. The van der Waals surface area contributed by atoms with Crippen molar-refractivity contribution in [2.45, 2.75) is 31.7 Å². The zero-order valence-corrected chi connectivity index (χ0v) is 5.06. The molecule has 0 heterocycles. The van der Waals surface area contributed by atoms with Crippen LogP contribution in [-0.4, -0.2) is 6.04 Å². The second-order valence-electron chi connectivity index (χ2n) is 2.43. The van der Waals surface area contributed by atoms with Crippen LogP contribution in [0.2, 0.25) is 0 Å². The van der Waals surface area contributed by atoms with Gasteiger partial charge in [-0.1, -0.05) is 12.8 Å². The molecule has 1 atom stereocenters. The van der Waals surface area contributed by atoms with Gasteiger partial charge in [0.25, 0.3) is 0 Å². The van der Waals surface area contributed by atoms with E-state index >= 15 is 0 Å². The van der Waals surface area contributed by atoms with Crippen molar-refractivity contribution in [3.8, 4) is 0 Å². The van der Waals surface area contributed by atoms with Gasteiger partial charge in [0.05, 0.1) is 6.04 Å². The van der Waals surface area contributed by atoms with Gasteiger partial charge in [0, 0.05) is 6.04 Å². The number of hydrogen-bond acceptors (Lipinski definition) is 2. The quantitative estimate of drug-likeness (QED) is 0.477. The molecule has 0 bridgehead atoms. The fraction of sp³-hybridized carbons (Fsp3) is 0.833. The molecule has 2 nitrogen and oxygen atoms in total. The number of hydrogen-bond donors (Lipinski definition) is 2. The molecule has 0 amide bonds. The Kier molecular flexibility index (Phi) is 1.86. The molecule has 1 aliphatic carbocycles. The highest BCUT2D eigenvalue weighted by molar-refractivity contribution is 4.96. The topological polar surface area (TPSA) is 52.0 Å². The lowest BCUT2D eigenvalue weighted by Crippen LogP contribution is -2.36. The fourth-order valence-electron chi connectivity index (χ4n) is 1.06. The molecule has 0 aromatic heterocycles. The highest BCUT2D eigenvalue weighted by atomic mass is 14.8. The van der Waals surface area contributed by atoms with E-state index in [-0.39, 0.29) is 6.04 Å². The normalized spacial score (nSPS) is 33.0. The lowest BCUT2D eigenvalue weighted by Gasteiger charge is -2.23. The molecule has 0 spiro atoms. The van der Waals surface area contributed by atoms with Gasteiger partial charge in [0.2, 0.25) is 0 Å². The second-order valence-corrected chi connectivity index (χ2v) is 2.43. The Bertz CT molecular complexity index is 62.9. The summed E-state index contributed by atoms with van der Waals surface area (Å²) in [5.41, 5.74) is 11.2. The molecule has 0 aliphatic heterocycles. The molecule has 1 radical (unpaired) electrons. The molecular formula is C6H13N2. The molecule has 47 valence electrons. The van der Waals surface area contributed by atoms with E-state index in [4.69, 9.17) is 11.5 Å². The minimum Gasteiger partial charge on any atom is -0.326 e. The lowest BCUT2D eigenvalue weighted by molar-refractivity contribution is 0.469. The van der Waals surface area contributed by atoms with E-state index in [9.17, 15) is 0 Å². The Labute approximate surface area is 50.2 Å². The van der Waals surface area contributed by atoms with Gasteiger partial charge in [-0.15, -0.1) is 0 Å². The van der Waals surface area contributed by atoms with Gasteiger partial charge in [-0.2, -0.15) is 0 Å². The van der Waals surface area contributed by atoms with Crippen LogP contribution >= 0.6 is 0 Å². The van der Waals surface area contributed by atoms with E-state index in [0.717, 1.165) is 18.9 Å². The minimum atomic E-state index is 0.198. The summed E-state index contributed by atoms with van der Waals surface area (Å²) < 4.78 is 0. The first kappa shape index (κ1) is 6.05. The van der Waals surface area contributed by atoms with Crippen LogP contribution in [0.1, 0.15) is 25.7 Å². The molecule has 1 fully saturated rings. The first-order valence-electron chi connectivity index (χ1n) is 3.17. The Hall–Kier alpha value is -0.0800. The molecule has 4 N–H and O–H groups in total. The van der Waals surface area contributed by atoms with Crippen molar-refractivity contribution in [2.75, 3.05) is 0 Å². The van der Waals surface area contributed by atoms with Crippen LogP contribution < -0.4 is 11.5 Å². The van der Waals surface area contributed by atoms with Crippen LogP contribution in [0, 0.1) is 6.04 Å². The molecule has 0 saturated heterocycles. The molecule has 8 heavy (non-hydrogen) atoms. The molecular weight excluding hydrogens is 100 g/mol. The van der Waals surface area contributed by atoms with E-state index in [1.54, 1.807) is 0 Å². The highest BCUT2D eigenvalue weighted by Gasteiger charge is 2.17. The molecule has 1 saturated carbocycles. The van der Waals surface area contributed by atoms with Gasteiger partial charge >= 0.3 is 0 Å². The third-order valence-corrected chi connectivity index (χ3v) is 1.71. The van der Waals surface area contributed by atoms with Crippen molar-refractivity contribution < 1.29 is 0 Å². The molecule has 1 aliphatic rings.